The van der Waals surface area contributed by atoms with E-state index in [1.807, 2.05) is 0 Å². The van der Waals surface area contributed by atoms with Gasteiger partial charge in [-0.25, -0.2) is 4.98 Å². The summed E-state index contributed by atoms with van der Waals surface area (Å²) in [6, 6.07) is 0.538. The summed E-state index contributed by atoms with van der Waals surface area (Å²) in [4.78, 5) is 4.53. The average molecular weight is 198 g/mol. The maximum Gasteiger partial charge on any atom is 0.0928 e. The first-order chi connectivity index (χ1) is 6.22. The smallest absolute Gasteiger partial charge is 0.0928 e. The Hall–Kier alpha value is -0.410. The van der Waals surface area contributed by atoms with Crippen molar-refractivity contribution in [2.75, 3.05) is 0 Å². The van der Waals surface area contributed by atoms with Crippen LogP contribution in [0.2, 0.25) is 0 Å². The average Bonchev–Trinajstić information content (AvgIpc) is 2.50. The standard InChI is InChI=1S/C10H18N2S/c1-4-5-10-12-9(7-13-10)6-11-8(2)3/h7-8,11H,4-6H2,1-3H3. The molecule has 0 fully saturated rings. The molecule has 0 aliphatic heterocycles. The van der Waals surface area contributed by atoms with Gasteiger partial charge in [0.25, 0.3) is 0 Å². The molecule has 0 aromatic carbocycles. The summed E-state index contributed by atoms with van der Waals surface area (Å²) in [7, 11) is 0. The Morgan fingerprint density at radius 1 is 1.54 bits per heavy atom. The number of hydrogen-bond donors (Lipinski definition) is 1. The maximum absolute atomic E-state index is 4.53. The lowest BCUT2D eigenvalue weighted by atomic mass is 10.3. The van der Waals surface area contributed by atoms with Gasteiger partial charge in [0.2, 0.25) is 0 Å². The normalized spacial score (nSPS) is 11.1. The molecule has 74 valence electrons. The Labute approximate surface area is 84.4 Å². The molecule has 0 radical (unpaired) electrons. The van der Waals surface area contributed by atoms with E-state index >= 15 is 0 Å². The van der Waals surface area contributed by atoms with Gasteiger partial charge in [-0.2, -0.15) is 0 Å². The van der Waals surface area contributed by atoms with Gasteiger partial charge in [-0.1, -0.05) is 20.8 Å². The molecule has 0 saturated heterocycles. The molecule has 0 amide bonds. The van der Waals surface area contributed by atoms with Gasteiger partial charge in [0, 0.05) is 18.0 Å². The van der Waals surface area contributed by atoms with Gasteiger partial charge in [-0.05, 0) is 12.8 Å². The topological polar surface area (TPSA) is 24.9 Å². The third-order valence-electron chi connectivity index (χ3n) is 1.75. The Kier molecular flexibility index (Phi) is 4.39. The fourth-order valence-corrected chi connectivity index (χ4v) is 1.97. The molecule has 1 aromatic heterocycles. The first-order valence-corrected chi connectivity index (χ1v) is 5.77. The summed E-state index contributed by atoms with van der Waals surface area (Å²) in [6.45, 7) is 7.39. The Morgan fingerprint density at radius 3 is 2.92 bits per heavy atom. The molecule has 3 heteroatoms. The Morgan fingerprint density at radius 2 is 2.31 bits per heavy atom. The van der Waals surface area contributed by atoms with Crippen molar-refractivity contribution in [2.45, 2.75) is 46.2 Å². The lowest BCUT2D eigenvalue weighted by molar-refractivity contribution is 0.582. The monoisotopic (exact) mass is 198 g/mol. The number of aryl methyl sites for hydroxylation is 1. The summed E-state index contributed by atoms with van der Waals surface area (Å²) in [5.74, 6) is 0. The van der Waals surface area contributed by atoms with Crippen molar-refractivity contribution in [2.24, 2.45) is 0 Å². The van der Waals surface area contributed by atoms with E-state index in [0.29, 0.717) is 6.04 Å². The van der Waals surface area contributed by atoms with Gasteiger partial charge in [-0.3, -0.25) is 0 Å². The van der Waals surface area contributed by atoms with Crippen molar-refractivity contribution in [1.82, 2.24) is 10.3 Å². The molecule has 0 saturated carbocycles. The Balaban J connectivity index is 2.39. The van der Waals surface area contributed by atoms with Gasteiger partial charge in [0.05, 0.1) is 10.7 Å². The molecule has 0 spiro atoms. The Bertz CT molecular complexity index is 243. The van der Waals surface area contributed by atoms with Gasteiger partial charge >= 0.3 is 0 Å². The SMILES string of the molecule is CCCc1nc(CNC(C)C)cs1. The first kappa shape index (κ1) is 10.7. The molecule has 1 N–H and O–H groups in total. The summed E-state index contributed by atoms with van der Waals surface area (Å²) in [5.41, 5.74) is 1.18. The fourth-order valence-electron chi connectivity index (χ4n) is 1.07. The quantitative estimate of drug-likeness (QED) is 0.786. The van der Waals surface area contributed by atoms with Crippen LogP contribution in [-0.4, -0.2) is 11.0 Å². The largest absolute Gasteiger partial charge is 0.309 e. The van der Waals surface area contributed by atoms with Crippen LogP contribution in [0, 0.1) is 0 Å². The zero-order chi connectivity index (χ0) is 9.68. The first-order valence-electron chi connectivity index (χ1n) is 4.89. The molecule has 1 heterocycles. The zero-order valence-corrected chi connectivity index (χ0v) is 9.45. The highest BCUT2D eigenvalue weighted by molar-refractivity contribution is 7.09. The minimum atomic E-state index is 0.538. The number of hydrogen-bond acceptors (Lipinski definition) is 3. The minimum absolute atomic E-state index is 0.538. The highest BCUT2D eigenvalue weighted by Gasteiger charge is 2.01. The summed E-state index contributed by atoms with van der Waals surface area (Å²) in [5, 5.41) is 6.78. The van der Waals surface area contributed by atoms with Crippen LogP contribution in [0.4, 0.5) is 0 Å². The molecule has 0 aliphatic carbocycles. The highest BCUT2D eigenvalue weighted by Crippen LogP contribution is 2.11. The van der Waals surface area contributed by atoms with Crippen molar-refractivity contribution in [3.8, 4) is 0 Å². The van der Waals surface area contributed by atoms with Gasteiger partial charge < -0.3 is 5.32 Å². The molecule has 0 atom stereocenters. The second-order valence-electron chi connectivity index (χ2n) is 3.52. The van der Waals surface area contributed by atoms with E-state index in [-0.39, 0.29) is 0 Å². The minimum Gasteiger partial charge on any atom is -0.309 e. The van der Waals surface area contributed by atoms with Crippen molar-refractivity contribution in [3.63, 3.8) is 0 Å². The third kappa shape index (κ3) is 3.87. The van der Waals surface area contributed by atoms with Crippen LogP contribution in [0.1, 0.15) is 37.9 Å². The van der Waals surface area contributed by atoms with Crippen molar-refractivity contribution < 1.29 is 0 Å². The van der Waals surface area contributed by atoms with Gasteiger partial charge in [0.1, 0.15) is 0 Å². The van der Waals surface area contributed by atoms with E-state index in [4.69, 9.17) is 0 Å². The van der Waals surface area contributed by atoms with Crippen LogP contribution in [-0.2, 0) is 13.0 Å². The van der Waals surface area contributed by atoms with Crippen LogP contribution >= 0.6 is 11.3 Å². The zero-order valence-electron chi connectivity index (χ0n) is 8.63. The van der Waals surface area contributed by atoms with E-state index in [0.717, 1.165) is 13.0 Å². The highest BCUT2D eigenvalue weighted by atomic mass is 32.1. The lowest BCUT2D eigenvalue weighted by Crippen LogP contribution is -2.21. The summed E-state index contributed by atoms with van der Waals surface area (Å²) >= 11 is 1.77. The van der Waals surface area contributed by atoms with E-state index in [1.165, 1.54) is 17.1 Å². The lowest BCUT2D eigenvalue weighted by Gasteiger charge is -2.04. The second-order valence-corrected chi connectivity index (χ2v) is 4.46. The second kappa shape index (κ2) is 5.35. The van der Waals surface area contributed by atoms with E-state index in [2.05, 4.69) is 36.5 Å². The van der Waals surface area contributed by atoms with Crippen LogP contribution in [0.15, 0.2) is 5.38 Å². The predicted octanol–water partition coefficient (Wildman–Crippen LogP) is 2.59. The number of thiazole rings is 1. The molecule has 0 bridgehead atoms. The predicted molar refractivity (Wildman–Crippen MR) is 58.1 cm³/mol. The number of nitrogens with zero attached hydrogens (tertiary/aromatic N) is 1. The molecule has 1 rings (SSSR count). The molecule has 1 aromatic rings. The van der Waals surface area contributed by atoms with Gasteiger partial charge in [0.15, 0.2) is 0 Å². The van der Waals surface area contributed by atoms with Crippen molar-refractivity contribution in [1.29, 1.82) is 0 Å². The molecule has 2 nitrogen and oxygen atoms in total. The fraction of sp³-hybridized carbons (Fsp3) is 0.700. The van der Waals surface area contributed by atoms with Gasteiger partial charge in [-0.15, -0.1) is 11.3 Å². The van der Waals surface area contributed by atoms with E-state index < -0.39 is 0 Å². The maximum atomic E-state index is 4.53. The van der Waals surface area contributed by atoms with Crippen molar-refractivity contribution in [3.05, 3.63) is 16.1 Å². The summed E-state index contributed by atoms with van der Waals surface area (Å²) in [6.07, 6.45) is 2.30. The number of nitrogens with one attached hydrogen (secondary N) is 1. The third-order valence-corrected chi connectivity index (χ3v) is 2.71. The van der Waals surface area contributed by atoms with Crippen molar-refractivity contribution >= 4 is 11.3 Å². The van der Waals surface area contributed by atoms with Crippen LogP contribution in [0.25, 0.3) is 0 Å². The van der Waals surface area contributed by atoms with Crippen LogP contribution in [0.5, 0.6) is 0 Å². The summed E-state index contributed by atoms with van der Waals surface area (Å²) < 4.78 is 0. The molecule has 0 aliphatic rings. The van der Waals surface area contributed by atoms with Crippen LogP contribution < -0.4 is 5.32 Å². The van der Waals surface area contributed by atoms with E-state index in [9.17, 15) is 0 Å². The number of rotatable bonds is 5. The molecule has 13 heavy (non-hydrogen) atoms. The van der Waals surface area contributed by atoms with Crippen LogP contribution in [0.3, 0.4) is 0 Å². The number of aromatic nitrogens is 1. The molecule has 0 unspecified atom stereocenters. The molecular weight excluding hydrogens is 180 g/mol. The molecular formula is C10H18N2S. The van der Waals surface area contributed by atoms with E-state index in [1.54, 1.807) is 11.3 Å².